The molecule has 1 rings (SSSR count). The molecular formula is C14H23NO3S. The zero-order valence-corrected chi connectivity index (χ0v) is 12.9. The molecule has 0 aliphatic carbocycles. The molecule has 0 fully saturated rings. The number of rotatable bonds is 6. The SMILES string of the molecule is COCCCNS(=O)(=O)c1ccc(C(C)(C)C)cc1. The highest BCUT2D eigenvalue weighted by Crippen LogP contribution is 2.23. The van der Waals surface area contributed by atoms with Crippen molar-refractivity contribution in [3.05, 3.63) is 29.8 Å². The van der Waals surface area contributed by atoms with Gasteiger partial charge in [0.2, 0.25) is 10.0 Å². The van der Waals surface area contributed by atoms with Gasteiger partial charge in [-0.05, 0) is 29.5 Å². The fourth-order valence-electron chi connectivity index (χ4n) is 1.64. The maximum Gasteiger partial charge on any atom is 0.240 e. The van der Waals surface area contributed by atoms with Crippen LogP contribution in [0.1, 0.15) is 32.8 Å². The molecule has 0 spiro atoms. The van der Waals surface area contributed by atoms with E-state index in [1.165, 1.54) is 0 Å². The van der Waals surface area contributed by atoms with Gasteiger partial charge in [0.1, 0.15) is 0 Å². The molecule has 1 aromatic rings. The first-order valence-electron chi connectivity index (χ1n) is 6.36. The summed E-state index contributed by atoms with van der Waals surface area (Å²) in [5, 5.41) is 0. The van der Waals surface area contributed by atoms with E-state index in [0.717, 1.165) is 5.56 Å². The van der Waals surface area contributed by atoms with Crippen LogP contribution in [-0.2, 0) is 20.2 Å². The minimum absolute atomic E-state index is 0.0220. The first-order valence-corrected chi connectivity index (χ1v) is 7.85. The van der Waals surface area contributed by atoms with Gasteiger partial charge in [-0.2, -0.15) is 0 Å². The minimum Gasteiger partial charge on any atom is -0.385 e. The van der Waals surface area contributed by atoms with E-state index in [1.807, 2.05) is 12.1 Å². The molecule has 5 heteroatoms. The molecule has 1 aromatic carbocycles. The molecule has 0 saturated carbocycles. The molecule has 108 valence electrons. The van der Waals surface area contributed by atoms with E-state index in [2.05, 4.69) is 25.5 Å². The van der Waals surface area contributed by atoms with Gasteiger partial charge in [-0.25, -0.2) is 13.1 Å². The fourth-order valence-corrected chi connectivity index (χ4v) is 2.71. The minimum atomic E-state index is -3.41. The molecule has 0 heterocycles. The quantitative estimate of drug-likeness (QED) is 0.816. The Labute approximate surface area is 116 Å². The van der Waals surface area contributed by atoms with Crippen LogP contribution < -0.4 is 4.72 Å². The number of hydrogen-bond donors (Lipinski definition) is 1. The maximum absolute atomic E-state index is 12.0. The summed E-state index contributed by atoms with van der Waals surface area (Å²) >= 11 is 0. The summed E-state index contributed by atoms with van der Waals surface area (Å²) < 4.78 is 31.4. The average Bonchev–Trinajstić information content (AvgIpc) is 2.34. The number of methoxy groups -OCH3 is 1. The Morgan fingerprint density at radius 2 is 1.74 bits per heavy atom. The van der Waals surface area contributed by atoms with E-state index in [9.17, 15) is 8.42 Å². The standard InChI is InChI=1S/C14H23NO3S/c1-14(2,3)12-6-8-13(9-7-12)19(16,17)15-10-5-11-18-4/h6-9,15H,5,10-11H2,1-4H3. The van der Waals surface area contributed by atoms with E-state index < -0.39 is 10.0 Å². The highest BCUT2D eigenvalue weighted by molar-refractivity contribution is 7.89. The van der Waals surface area contributed by atoms with Gasteiger partial charge in [-0.1, -0.05) is 32.9 Å². The van der Waals surface area contributed by atoms with Crippen molar-refractivity contribution < 1.29 is 13.2 Å². The Morgan fingerprint density at radius 3 is 2.21 bits per heavy atom. The second-order valence-electron chi connectivity index (χ2n) is 5.52. The van der Waals surface area contributed by atoms with Crippen LogP contribution in [-0.4, -0.2) is 28.7 Å². The van der Waals surface area contributed by atoms with Crippen molar-refractivity contribution in [1.29, 1.82) is 0 Å². The Hall–Kier alpha value is -0.910. The van der Waals surface area contributed by atoms with Crippen molar-refractivity contribution in [3.8, 4) is 0 Å². The summed E-state index contributed by atoms with van der Waals surface area (Å²) in [5.41, 5.74) is 1.14. The molecule has 1 N–H and O–H groups in total. The summed E-state index contributed by atoms with van der Waals surface area (Å²) in [6.07, 6.45) is 0.663. The van der Waals surface area contributed by atoms with Gasteiger partial charge in [0.05, 0.1) is 4.90 Å². The van der Waals surface area contributed by atoms with Gasteiger partial charge in [0.15, 0.2) is 0 Å². The molecule has 0 bridgehead atoms. The molecule has 0 aliphatic rings. The summed E-state index contributed by atoms with van der Waals surface area (Å²) in [6.45, 7) is 7.22. The fraction of sp³-hybridized carbons (Fsp3) is 0.571. The Kier molecular flexibility index (Phi) is 5.52. The second-order valence-corrected chi connectivity index (χ2v) is 7.29. The van der Waals surface area contributed by atoms with Crippen molar-refractivity contribution in [1.82, 2.24) is 4.72 Å². The monoisotopic (exact) mass is 285 g/mol. The summed E-state index contributed by atoms with van der Waals surface area (Å²) in [5.74, 6) is 0. The number of nitrogens with one attached hydrogen (secondary N) is 1. The Morgan fingerprint density at radius 1 is 1.16 bits per heavy atom. The molecular weight excluding hydrogens is 262 g/mol. The van der Waals surface area contributed by atoms with Crippen molar-refractivity contribution in [2.24, 2.45) is 0 Å². The van der Waals surface area contributed by atoms with Gasteiger partial charge in [0, 0.05) is 20.3 Å². The summed E-state index contributed by atoms with van der Waals surface area (Å²) in [7, 11) is -1.81. The van der Waals surface area contributed by atoms with Crippen LogP contribution in [0.2, 0.25) is 0 Å². The number of hydrogen-bond acceptors (Lipinski definition) is 3. The van der Waals surface area contributed by atoms with Gasteiger partial charge in [-0.3, -0.25) is 0 Å². The van der Waals surface area contributed by atoms with Crippen LogP contribution in [0.4, 0.5) is 0 Å². The van der Waals surface area contributed by atoms with Crippen LogP contribution >= 0.6 is 0 Å². The predicted molar refractivity (Wildman–Crippen MR) is 76.8 cm³/mol. The van der Waals surface area contributed by atoms with Crippen LogP contribution in [0.3, 0.4) is 0 Å². The Balaban J connectivity index is 2.74. The van der Waals surface area contributed by atoms with Crippen molar-refractivity contribution in [2.45, 2.75) is 37.5 Å². The average molecular weight is 285 g/mol. The highest BCUT2D eigenvalue weighted by atomic mass is 32.2. The molecule has 19 heavy (non-hydrogen) atoms. The molecule has 0 amide bonds. The van der Waals surface area contributed by atoms with Crippen molar-refractivity contribution in [2.75, 3.05) is 20.3 Å². The van der Waals surface area contributed by atoms with E-state index in [4.69, 9.17) is 4.74 Å². The molecule has 0 saturated heterocycles. The normalized spacial score (nSPS) is 12.6. The largest absolute Gasteiger partial charge is 0.385 e. The zero-order valence-electron chi connectivity index (χ0n) is 12.1. The van der Waals surface area contributed by atoms with E-state index >= 15 is 0 Å². The van der Waals surface area contributed by atoms with E-state index in [1.54, 1.807) is 19.2 Å². The topological polar surface area (TPSA) is 55.4 Å². The number of sulfonamides is 1. The maximum atomic E-state index is 12.0. The smallest absolute Gasteiger partial charge is 0.240 e. The third-order valence-electron chi connectivity index (χ3n) is 2.85. The number of ether oxygens (including phenoxy) is 1. The lowest BCUT2D eigenvalue weighted by atomic mass is 9.87. The van der Waals surface area contributed by atoms with Crippen LogP contribution in [0.25, 0.3) is 0 Å². The molecule has 0 radical (unpaired) electrons. The van der Waals surface area contributed by atoms with Crippen molar-refractivity contribution in [3.63, 3.8) is 0 Å². The van der Waals surface area contributed by atoms with E-state index in [-0.39, 0.29) is 5.41 Å². The third kappa shape index (κ3) is 4.93. The molecule has 0 aliphatic heterocycles. The lowest BCUT2D eigenvalue weighted by molar-refractivity contribution is 0.196. The van der Waals surface area contributed by atoms with Gasteiger partial charge < -0.3 is 4.74 Å². The van der Waals surface area contributed by atoms with Crippen LogP contribution in [0.15, 0.2) is 29.2 Å². The summed E-state index contributed by atoms with van der Waals surface area (Å²) in [6, 6.07) is 7.03. The first kappa shape index (κ1) is 16.1. The first-order chi connectivity index (χ1) is 8.77. The van der Waals surface area contributed by atoms with Crippen molar-refractivity contribution >= 4 is 10.0 Å². The predicted octanol–water partition coefficient (Wildman–Crippen LogP) is 2.30. The van der Waals surface area contributed by atoms with E-state index in [0.29, 0.717) is 24.5 Å². The van der Waals surface area contributed by atoms with Gasteiger partial charge >= 0.3 is 0 Å². The zero-order chi connectivity index (χ0) is 14.5. The molecule has 0 unspecified atom stereocenters. The molecule has 0 atom stereocenters. The molecule has 0 aromatic heterocycles. The number of benzene rings is 1. The molecule has 4 nitrogen and oxygen atoms in total. The Bertz CT molecular complexity index is 486. The van der Waals surface area contributed by atoms with Crippen LogP contribution in [0.5, 0.6) is 0 Å². The highest BCUT2D eigenvalue weighted by Gasteiger charge is 2.16. The van der Waals surface area contributed by atoms with Crippen LogP contribution in [0, 0.1) is 0 Å². The second kappa shape index (κ2) is 6.50. The van der Waals surface area contributed by atoms with Gasteiger partial charge in [0.25, 0.3) is 0 Å². The lowest BCUT2D eigenvalue weighted by Crippen LogP contribution is -2.25. The lowest BCUT2D eigenvalue weighted by Gasteiger charge is -2.19. The third-order valence-corrected chi connectivity index (χ3v) is 4.32. The van der Waals surface area contributed by atoms with Gasteiger partial charge in [-0.15, -0.1) is 0 Å². The summed E-state index contributed by atoms with van der Waals surface area (Å²) in [4.78, 5) is 0.304.